The van der Waals surface area contributed by atoms with Crippen molar-refractivity contribution in [3.8, 4) is 16.9 Å². The second kappa shape index (κ2) is 8.38. The number of rotatable bonds is 6. The Kier molecular flexibility index (Phi) is 6.26. The SMILES string of the molecule is CCOc1ccc(-c2ccc(S(=O)(=O)N3CCSC(C)(C)C3C(=O)O)cc2)cc1. The lowest BCUT2D eigenvalue weighted by Crippen LogP contribution is -2.58. The Morgan fingerprint density at radius 1 is 1.14 bits per heavy atom. The summed E-state index contributed by atoms with van der Waals surface area (Å²) in [5.41, 5.74) is 1.81. The lowest BCUT2D eigenvalue weighted by atomic mass is 10.0. The van der Waals surface area contributed by atoms with Gasteiger partial charge in [-0.05, 0) is 56.2 Å². The van der Waals surface area contributed by atoms with Crippen molar-refractivity contribution >= 4 is 27.8 Å². The average Bonchev–Trinajstić information content (AvgIpc) is 2.67. The van der Waals surface area contributed by atoms with Crippen LogP contribution in [0, 0.1) is 0 Å². The molecule has 6 nitrogen and oxygen atoms in total. The molecule has 0 amide bonds. The van der Waals surface area contributed by atoms with Crippen molar-refractivity contribution in [1.29, 1.82) is 0 Å². The van der Waals surface area contributed by atoms with Crippen LogP contribution in [0.1, 0.15) is 20.8 Å². The average molecular weight is 436 g/mol. The minimum Gasteiger partial charge on any atom is -0.494 e. The first-order chi connectivity index (χ1) is 13.7. The lowest BCUT2D eigenvalue weighted by Gasteiger charge is -2.42. The second-order valence-corrected chi connectivity index (χ2v) is 10.9. The zero-order valence-corrected chi connectivity index (χ0v) is 18.3. The molecule has 0 saturated carbocycles. The van der Waals surface area contributed by atoms with Crippen LogP contribution in [0.2, 0.25) is 0 Å². The predicted octanol–water partition coefficient (Wildman–Crippen LogP) is 3.72. The van der Waals surface area contributed by atoms with Gasteiger partial charge >= 0.3 is 5.97 Å². The largest absolute Gasteiger partial charge is 0.494 e. The van der Waals surface area contributed by atoms with E-state index in [1.807, 2.05) is 31.2 Å². The van der Waals surface area contributed by atoms with E-state index in [1.165, 1.54) is 23.9 Å². The van der Waals surface area contributed by atoms with E-state index in [2.05, 4.69) is 0 Å². The lowest BCUT2D eigenvalue weighted by molar-refractivity contribution is -0.142. The van der Waals surface area contributed by atoms with Crippen LogP contribution in [0.5, 0.6) is 5.75 Å². The van der Waals surface area contributed by atoms with E-state index in [0.29, 0.717) is 12.4 Å². The number of carbonyl (C=O) groups is 1. The molecule has 1 fully saturated rings. The first-order valence-corrected chi connectivity index (χ1v) is 11.8. The van der Waals surface area contributed by atoms with Gasteiger partial charge in [0.2, 0.25) is 10.0 Å². The van der Waals surface area contributed by atoms with Crippen LogP contribution in [0.4, 0.5) is 0 Å². The van der Waals surface area contributed by atoms with Crippen LogP contribution in [-0.4, -0.2) is 53.5 Å². The molecular weight excluding hydrogens is 410 g/mol. The van der Waals surface area contributed by atoms with Gasteiger partial charge in [-0.2, -0.15) is 16.1 Å². The highest BCUT2D eigenvalue weighted by atomic mass is 32.2. The number of nitrogens with zero attached hydrogens (tertiary/aromatic N) is 1. The number of hydrogen-bond donors (Lipinski definition) is 1. The number of aliphatic carboxylic acids is 1. The standard InChI is InChI=1S/C21H25NO5S2/c1-4-27-17-9-5-15(6-10-17)16-7-11-18(12-8-16)29(25,26)22-13-14-28-21(2,3)19(22)20(23)24/h5-12,19H,4,13-14H2,1-3H3,(H,23,24). The van der Waals surface area contributed by atoms with Crippen LogP contribution in [0.15, 0.2) is 53.4 Å². The third kappa shape index (κ3) is 4.44. The Bertz CT molecular complexity index is 969. The van der Waals surface area contributed by atoms with E-state index < -0.39 is 26.8 Å². The maximum absolute atomic E-state index is 13.2. The molecular formula is C21H25NO5S2. The summed E-state index contributed by atoms with van der Waals surface area (Å²) in [5.74, 6) is 0.206. The second-order valence-electron chi connectivity index (χ2n) is 7.29. The van der Waals surface area contributed by atoms with Gasteiger partial charge < -0.3 is 9.84 Å². The van der Waals surface area contributed by atoms with E-state index in [4.69, 9.17) is 4.74 Å². The van der Waals surface area contributed by atoms with Crippen LogP contribution < -0.4 is 4.74 Å². The maximum atomic E-state index is 13.2. The van der Waals surface area contributed by atoms with E-state index in [-0.39, 0.29) is 11.4 Å². The zero-order valence-electron chi connectivity index (χ0n) is 16.7. The molecule has 8 heteroatoms. The van der Waals surface area contributed by atoms with Crippen LogP contribution in [0.3, 0.4) is 0 Å². The van der Waals surface area contributed by atoms with Gasteiger partial charge in [0.25, 0.3) is 0 Å². The fraction of sp³-hybridized carbons (Fsp3) is 0.381. The molecule has 0 aliphatic carbocycles. The number of thioether (sulfide) groups is 1. The molecule has 1 heterocycles. The van der Waals surface area contributed by atoms with E-state index in [1.54, 1.807) is 26.0 Å². The summed E-state index contributed by atoms with van der Waals surface area (Å²) in [6, 6.07) is 13.0. The molecule has 0 radical (unpaired) electrons. The number of carboxylic acid groups (broad SMARTS) is 1. The van der Waals surface area contributed by atoms with Gasteiger partial charge in [-0.1, -0.05) is 24.3 Å². The Balaban J connectivity index is 1.89. The van der Waals surface area contributed by atoms with Gasteiger partial charge in [0.1, 0.15) is 11.8 Å². The molecule has 0 spiro atoms. The van der Waals surface area contributed by atoms with Crippen molar-refractivity contribution < 1.29 is 23.1 Å². The minimum atomic E-state index is -3.92. The first-order valence-electron chi connectivity index (χ1n) is 9.38. The number of sulfonamides is 1. The molecule has 1 N–H and O–H groups in total. The van der Waals surface area contributed by atoms with Crippen molar-refractivity contribution in [1.82, 2.24) is 4.31 Å². The van der Waals surface area contributed by atoms with Crippen LogP contribution in [0.25, 0.3) is 11.1 Å². The summed E-state index contributed by atoms with van der Waals surface area (Å²) in [7, 11) is -3.92. The molecule has 1 saturated heterocycles. The summed E-state index contributed by atoms with van der Waals surface area (Å²) in [4.78, 5) is 11.9. The van der Waals surface area contributed by atoms with Gasteiger partial charge in [-0.15, -0.1) is 0 Å². The Morgan fingerprint density at radius 3 is 2.21 bits per heavy atom. The van der Waals surface area contributed by atoms with Gasteiger partial charge in [0.05, 0.1) is 11.5 Å². The predicted molar refractivity (Wildman–Crippen MR) is 115 cm³/mol. The molecule has 0 bridgehead atoms. The van der Waals surface area contributed by atoms with Crippen molar-refractivity contribution in [3.05, 3.63) is 48.5 Å². The van der Waals surface area contributed by atoms with Crippen molar-refractivity contribution in [2.45, 2.75) is 36.5 Å². The van der Waals surface area contributed by atoms with E-state index >= 15 is 0 Å². The highest BCUT2D eigenvalue weighted by Crippen LogP contribution is 2.38. The molecule has 2 aromatic carbocycles. The molecule has 1 unspecified atom stereocenters. The summed E-state index contributed by atoms with van der Waals surface area (Å²) >= 11 is 1.48. The van der Waals surface area contributed by atoms with Crippen LogP contribution in [-0.2, 0) is 14.8 Å². The number of benzene rings is 2. The summed E-state index contributed by atoms with van der Waals surface area (Å²) in [6.45, 7) is 6.23. The smallest absolute Gasteiger partial charge is 0.323 e. The third-order valence-electron chi connectivity index (χ3n) is 4.93. The molecule has 2 aromatic rings. The normalized spacial score (nSPS) is 19.6. The topological polar surface area (TPSA) is 83.9 Å². The Hall–Kier alpha value is -2.03. The molecule has 1 aliphatic rings. The van der Waals surface area contributed by atoms with Crippen molar-refractivity contribution in [3.63, 3.8) is 0 Å². The van der Waals surface area contributed by atoms with E-state index in [0.717, 1.165) is 21.2 Å². The molecule has 156 valence electrons. The van der Waals surface area contributed by atoms with E-state index in [9.17, 15) is 18.3 Å². The molecule has 1 atom stereocenters. The maximum Gasteiger partial charge on any atom is 0.323 e. The summed E-state index contributed by atoms with van der Waals surface area (Å²) < 4.78 is 32.2. The first kappa shape index (κ1) is 21.7. The van der Waals surface area contributed by atoms with Gasteiger partial charge in [0, 0.05) is 17.0 Å². The quantitative estimate of drug-likeness (QED) is 0.744. The third-order valence-corrected chi connectivity index (χ3v) is 8.16. The molecule has 0 aromatic heterocycles. The number of carboxylic acids is 1. The zero-order chi connectivity index (χ0) is 21.2. The molecule has 29 heavy (non-hydrogen) atoms. The van der Waals surface area contributed by atoms with Crippen molar-refractivity contribution in [2.75, 3.05) is 18.9 Å². The fourth-order valence-corrected chi connectivity index (χ4v) is 6.59. The summed E-state index contributed by atoms with van der Waals surface area (Å²) in [6.07, 6.45) is 0. The van der Waals surface area contributed by atoms with Crippen molar-refractivity contribution in [2.24, 2.45) is 0 Å². The number of ether oxygens (including phenoxy) is 1. The highest BCUT2D eigenvalue weighted by Gasteiger charge is 2.48. The van der Waals surface area contributed by atoms with Gasteiger partial charge in [-0.3, -0.25) is 4.79 Å². The van der Waals surface area contributed by atoms with Crippen LogP contribution >= 0.6 is 11.8 Å². The fourth-order valence-electron chi connectivity index (χ4n) is 3.50. The molecule has 1 aliphatic heterocycles. The molecule has 3 rings (SSSR count). The Morgan fingerprint density at radius 2 is 1.69 bits per heavy atom. The number of hydrogen-bond acceptors (Lipinski definition) is 5. The summed E-state index contributed by atoms with van der Waals surface area (Å²) in [5, 5.41) is 9.68. The van der Waals surface area contributed by atoms with Gasteiger partial charge in [-0.25, -0.2) is 8.42 Å². The minimum absolute atomic E-state index is 0.0983. The monoisotopic (exact) mass is 435 g/mol. The highest BCUT2D eigenvalue weighted by molar-refractivity contribution is 8.00. The Labute approximate surface area is 175 Å². The van der Waals surface area contributed by atoms with Gasteiger partial charge in [0.15, 0.2) is 0 Å².